The van der Waals surface area contributed by atoms with Crippen molar-refractivity contribution in [2.45, 2.75) is 29.9 Å². The van der Waals surface area contributed by atoms with E-state index in [4.69, 9.17) is 9.84 Å². The van der Waals surface area contributed by atoms with Crippen LogP contribution in [0.3, 0.4) is 0 Å². The van der Waals surface area contributed by atoms with Crippen LogP contribution in [0.2, 0.25) is 0 Å². The molecule has 1 aromatic carbocycles. The predicted octanol–water partition coefficient (Wildman–Crippen LogP) is -0.732. The summed E-state index contributed by atoms with van der Waals surface area (Å²) in [5.41, 5.74) is -1.20. The number of aliphatic hydroxyl groups is 4. The van der Waals surface area contributed by atoms with Gasteiger partial charge in [0.2, 0.25) is 5.12 Å². The highest BCUT2D eigenvalue weighted by molar-refractivity contribution is 8.14. The zero-order valence-corrected chi connectivity index (χ0v) is 12.5. The molecule has 0 aliphatic carbocycles. The van der Waals surface area contributed by atoms with Crippen LogP contribution in [0.25, 0.3) is 0 Å². The molecule has 0 aromatic heterocycles. The molecule has 1 fully saturated rings. The van der Waals surface area contributed by atoms with Gasteiger partial charge in [-0.2, -0.15) is 0 Å². The van der Waals surface area contributed by atoms with Gasteiger partial charge in [-0.1, -0.05) is 0 Å². The number of thioether (sulfide) groups is 1. The number of benzene rings is 1. The summed E-state index contributed by atoms with van der Waals surface area (Å²) < 4.78 is 5.21. The number of rotatable bonds is 4. The number of carbonyl (C=O) groups excluding carboxylic acids is 1. The molecular formula is C13H15NO8S. The van der Waals surface area contributed by atoms with E-state index < -0.39 is 46.5 Å². The lowest BCUT2D eigenvalue weighted by atomic mass is 10.0. The van der Waals surface area contributed by atoms with Gasteiger partial charge in [0.25, 0.3) is 5.69 Å². The van der Waals surface area contributed by atoms with Crippen LogP contribution in [-0.2, 0) is 4.74 Å². The molecule has 2 rings (SSSR count). The lowest BCUT2D eigenvalue weighted by Gasteiger charge is -2.39. The minimum absolute atomic E-state index is 0.151. The van der Waals surface area contributed by atoms with Crippen LogP contribution in [-0.4, -0.2) is 66.9 Å². The first-order valence-electron chi connectivity index (χ1n) is 6.61. The Balaban J connectivity index is 2.08. The fraction of sp³-hybridized carbons (Fsp3) is 0.462. The summed E-state index contributed by atoms with van der Waals surface area (Å²) in [5.74, 6) is 0. The van der Waals surface area contributed by atoms with Gasteiger partial charge in [0.1, 0.15) is 29.9 Å². The maximum atomic E-state index is 12.1. The molecule has 9 nitrogen and oxygen atoms in total. The van der Waals surface area contributed by atoms with Gasteiger partial charge in [-0.25, -0.2) is 0 Å². The highest BCUT2D eigenvalue weighted by atomic mass is 32.2. The lowest BCUT2D eigenvalue weighted by molar-refractivity contribution is -0.384. The van der Waals surface area contributed by atoms with Gasteiger partial charge in [-0.15, -0.1) is 0 Å². The second kappa shape index (κ2) is 7.34. The van der Waals surface area contributed by atoms with Gasteiger partial charge in [-0.05, 0) is 23.9 Å². The molecule has 0 radical (unpaired) electrons. The van der Waals surface area contributed by atoms with Gasteiger partial charge in [0.15, 0.2) is 0 Å². The molecule has 23 heavy (non-hydrogen) atoms. The molecule has 0 bridgehead atoms. The van der Waals surface area contributed by atoms with E-state index in [1.165, 1.54) is 24.3 Å². The SMILES string of the molecule is O=C(S[C@H]1O[C@H](CO)[C@H](O)[C@H](O)[C@H]1O)c1ccc([N+](=O)[O-])cc1. The van der Waals surface area contributed by atoms with Crippen molar-refractivity contribution in [3.8, 4) is 0 Å². The summed E-state index contributed by atoms with van der Waals surface area (Å²) in [6, 6.07) is 4.86. The first kappa shape index (κ1) is 17.8. The van der Waals surface area contributed by atoms with Gasteiger partial charge in [0, 0.05) is 17.7 Å². The Labute approximate surface area is 134 Å². The molecule has 5 atom stereocenters. The largest absolute Gasteiger partial charge is 0.394 e. The van der Waals surface area contributed by atoms with E-state index in [1.54, 1.807) is 0 Å². The number of nitrogens with zero attached hydrogens (tertiary/aromatic N) is 1. The Morgan fingerprint density at radius 1 is 1.17 bits per heavy atom. The van der Waals surface area contributed by atoms with Crippen molar-refractivity contribution in [3.63, 3.8) is 0 Å². The van der Waals surface area contributed by atoms with E-state index in [9.17, 15) is 30.2 Å². The topological polar surface area (TPSA) is 150 Å². The summed E-state index contributed by atoms with van der Waals surface area (Å²) in [6.07, 6.45) is -5.69. The van der Waals surface area contributed by atoms with Crippen molar-refractivity contribution in [1.29, 1.82) is 0 Å². The number of nitro groups is 1. The van der Waals surface area contributed by atoms with E-state index in [0.29, 0.717) is 11.8 Å². The number of non-ortho nitro benzene ring substituents is 1. The first-order valence-corrected chi connectivity index (χ1v) is 7.49. The van der Waals surface area contributed by atoms with Crippen molar-refractivity contribution in [2.75, 3.05) is 6.61 Å². The number of ether oxygens (including phenoxy) is 1. The zero-order valence-electron chi connectivity index (χ0n) is 11.7. The molecule has 10 heteroatoms. The molecule has 0 spiro atoms. The molecule has 0 amide bonds. The molecule has 126 valence electrons. The van der Waals surface area contributed by atoms with Crippen molar-refractivity contribution >= 4 is 22.6 Å². The van der Waals surface area contributed by atoms with Gasteiger partial charge in [0.05, 0.1) is 11.5 Å². The number of nitro benzene ring substituents is 1. The minimum atomic E-state index is -1.57. The van der Waals surface area contributed by atoms with E-state index in [2.05, 4.69) is 0 Å². The van der Waals surface area contributed by atoms with Gasteiger partial charge in [-0.3, -0.25) is 14.9 Å². The Morgan fingerprint density at radius 2 is 1.78 bits per heavy atom. The summed E-state index contributed by atoms with van der Waals surface area (Å²) in [7, 11) is 0. The number of hydrogen-bond donors (Lipinski definition) is 4. The molecule has 1 saturated heterocycles. The molecule has 1 heterocycles. The number of hydrogen-bond acceptors (Lipinski definition) is 9. The van der Waals surface area contributed by atoms with E-state index >= 15 is 0 Å². The molecule has 0 saturated carbocycles. The van der Waals surface area contributed by atoms with Crippen LogP contribution in [0.5, 0.6) is 0 Å². The predicted molar refractivity (Wildman–Crippen MR) is 78.8 cm³/mol. The maximum Gasteiger partial charge on any atom is 0.269 e. The highest BCUT2D eigenvalue weighted by Crippen LogP contribution is 2.30. The van der Waals surface area contributed by atoms with Crippen LogP contribution in [0, 0.1) is 10.1 Å². The first-order chi connectivity index (χ1) is 10.8. The Hall–Kier alpha value is -1.56. The Morgan fingerprint density at radius 3 is 2.30 bits per heavy atom. The van der Waals surface area contributed by atoms with Crippen molar-refractivity contribution < 1.29 is 34.9 Å². The molecule has 1 aromatic rings. The maximum absolute atomic E-state index is 12.1. The molecular weight excluding hydrogens is 330 g/mol. The van der Waals surface area contributed by atoms with Crippen molar-refractivity contribution in [3.05, 3.63) is 39.9 Å². The zero-order chi connectivity index (χ0) is 17.1. The quantitative estimate of drug-likeness (QED) is 0.409. The van der Waals surface area contributed by atoms with Crippen LogP contribution in [0.4, 0.5) is 5.69 Å². The van der Waals surface area contributed by atoms with E-state index in [-0.39, 0.29) is 11.3 Å². The summed E-state index contributed by atoms with van der Waals surface area (Å²) >= 11 is 0.558. The molecule has 4 N–H and O–H groups in total. The van der Waals surface area contributed by atoms with Crippen LogP contribution >= 0.6 is 11.8 Å². The number of carbonyl (C=O) groups is 1. The summed E-state index contributed by atoms with van der Waals surface area (Å²) in [4.78, 5) is 22.1. The monoisotopic (exact) mass is 345 g/mol. The Bertz CT molecular complexity index is 578. The molecule has 0 unspecified atom stereocenters. The van der Waals surface area contributed by atoms with Gasteiger partial charge >= 0.3 is 0 Å². The normalized spacial score (nSPS) is 30.9. The second-order valence-electron chi connectivity index (χ2n) is 4.91. The minimum Gasteiger partial charge on any atom is -0.394 e. The third kappa shape index (κ3) is 3.86. The fourth-order valence-corrected chi connectivity index (χ4v) is 3.04. The average molecular weight is 345 g/mol. The number of aliphatic hydroxyl groups excluding tert-OH is 4. The molecule has 1 aliphatic rings. The summed E-state index contributed by atoms with van der Waals surface area (Å²) in [6.45, 7) is -0.590. The highest BCUT2D eigenvalue weighted by Gasteiger charge is 2.44. The van der Waals surface area contributed by atoms with E-state index in [0.717, 1.165) is 0 Å². The lowest BCUT2D eigenvalue weighted by Crippen LogP contribution is -2.57. The van der Waals surface area contributed by atoms with Crippen molar-refractivity contribution in [1.82, 2.24) is 0 Å². The fourth-order valence-electron chi connectivity index (χ4n) is 2.06. The van der Waals surface area contributed by atoms with Crippen LogP contribution in [0.15, 0.2) is 24.3 Å². The third-order valence-corrected chi connectivity index (χ3v) is 4.46. The summed E-state index contributed by atoms with van der Waals surface area (Å²) in [5, 5.41) is 48.3. The van der Waals surface area contributed by atoms with Crippen LogP contribution < -0.4 is 0 Å². The average Bonchev–Trinajstić information content (AvgIpc) is 2.55. The third-order valence-electron chi connectivity index (χ3n) is 3.39. The smallest absolute Gasteiger partial charge is 0.269 e. The van der Waals surface area contributed by atoms with Crippen molar-refractivity contribution in [2.24, 2.45) is 0 Å². The standard InChI is InChI=1S/C13H15NO8S/c15-5-8-9(16)10(17)11(18)13(22-8)23-12(19)6-1-3-7(4-2-6)14(20)21/h1-4,8-11,13,15-18H,5H2/t8-,9+,10+,11-,13-/m1/s1. The van der Waals surface area contributed by atoms with E-state index in [1.807, 2.05) is 0 Å². The Kier molecular flexibility index (Phi) is 5.68. The van der Waals surface area contributed by atoms with Gasteiger partial charge < -0.3 is 25.2 Å². The van der Waals surface area contributed by atoms with Crippen LogP contribution in [0.1, 0.15) is 10.4 Å². The second-order valence-corrected chi connectivity index (χ2v) is 5.98. The molecule has 1 aliphatic heterocycles.